The number of rotatable bonds is 5. The molecule has 0 bridgehead atoms. The Labute approximate surface area is 167 Å². The number of anilines is 1. The third kappa shape index (κ3) is 3.52. The number of carbonyl (C=O) groups is 1. The fraction of sp³-hybridized carbons (Fsp3) is 0.400. The molecular weight excluding hydrogens is 376 g/mol. The number of hydrogen-bond donors (Lipinski definition) is 0. The maximum Gasteiger partial charge on any atom is 0.309 e. The van der Waals surface area contributed by atoms with Gasteiger partial charge in [0, 0.05) is 18.7 Å². The van der Waals surface area contributed by atoms with E-state index in [1.54, 1.807) is 13.4 Å². The molecule has 3 heterocycles. The molecule has 1 aliphatic heterocycles. The molecule has 146 valence electrons. The molecule has 8 heteroatoms. The van der Waals surface area contributed by atoms with Gasteiger partial charge in [0.05, 0.1) is 19.6 Å². The summed E-state index contributed by atoms with van der Waals surface area (Å²) >= 11 is 1.41. The number of nitrogens with zero attached hydrogens (tertiary/aromatic N) is 4. The third-order valence-electron chi connectivity index (χ3n) is 5.02. The first-order valence-electron chi connectivity index (χ1n) is 9.37. The predicted octanol–water partition coefficient (Wildman–Crippen LogP) is 3.54. The van der Waals surface area contributed by atoms with Crippen molar-refractivity contribution < 1.29 is 14.3 Å². The van der Waals surface area contributed by atoms with Gasteiger partial charge < -0.3 is 14.4 Å². The summed E-state index contributed by atoms with van der Waals surface area (Å²) in [5, 5.41) is 0. The number of ether oxygens (including phenoxy) is 2. The van der Waals surface area contributed by atoms with Crippen molar-refractivity contribution in [2.45, 2.75) is 19.8 Å². The second-order valence-corrected chi connectivity index (χ2v) is 7.42. The quantitative estimate of drug-likeness (QED) is 0.608. The average molecular weight is 398 g/mol. The van der Waals surface area contributed by atoms with Crippen LogP contribution < -0.4 is 9.64 Å². The Balaban J connectivity index is 1.58. The standard InChI is InChI=1S/C20H22N4O3S/c1-3-27-20(25)14-8-10-24(11-9-14)19-18-17(21-12-22-19)16(23-28-18)13-4-6-15(26-2)7-5-13/h4-7,12,14H,3,8-11H2,1-2H3. The molecule has 3 aromatic rings. The molecule has 2 aromatic heterocycles. The number of methoxy groups -OCH3 is 1. The minimum absolute atomic E-state index is 0.0233. The van der Waals surface area contributed by atoms with Crippen molar-refractivity contribution in [3.8, 4) is 17.0 Å². The number of aromatic nitrogens is 3. The van der Waals surface area contributed by atoms with Gasteiger partial charge in [-0.05, 0) is 55.6 Å². The molecule has 28 heavy (non-hydrogen) atoms. The minimum Gasteiger partial charge on any atom is -0.497 e. The van der Waals surface area contributed by atoms with Crippen LogP contribution in [-0.4, -0.2) is 47.1 Å². The number of benzene rings is 1. The van der Waals surface area contributed by atoms with Crippen LogP contribution in [0.4, 0.5) is 5.82 Å². The van der Waals surface area contributed by atoms with Gasteiger partial charge in [-0.3, -0.25) is 4.79 Å². The Bertz CT molecular complexity index is 965. The first-order chi connectivity index (χ1) is 13.7. The summed E-state index contributed by atoms with van der Waals surface area (Å²) in [4.78, 5) is 23.2. The molecular formula is C20H22N4O3S. The molecule has 1 aliphatic rings. The van der Waals surface area contributed by atoms with Crippen molar-refractivity contribution in [3.05, 3.63) is 30.6 Å². The maximum atomic E-state index is 12.0. The van der Waals surface area contributed by atoms with E-state index < -0.39 is 0 Å². The highest BCUT2D eigenvalue weighted by Gasteiger charge is 2.28. The molecule has 4 rings (SSSR count). The Morgan fingerprint density at radius 1 is 1.21 bits per heavy atom. The molecule has 0 amide bonds. The van der Waals surface area contributed by atoms with Crippen molar-refractivity contribution in [2.24, 2.45) is 5.92 Å². The number of hydrogen-bond acceptors (Lipinski definition) is 8. The Morgan fingerprint density at radius 2 is 1.96 bits per heavy atom. The fourth-order valence-electron chi connectivity index (χ4n) is 3.50. The van der Waals surface area contributed by atoms with Crippen molar-refractivity contribution in [1.82, 2.24) is 14.3 Å². The van der Waals surface area contributed by atoms with Crippen molar-refractivity contribution in [2.75, 3.05) is 31.7 Å². The maximum absolute atomic E-state index is 12.0. The van der Waals surface area contributed by atoms with Gasteiger partial charge in [-0.2, -0.15) is 4.37 Å². The molecule has 1 fully saturated rings. The van der Waals surface area contributed by atoms with E-state index in [4.69, 9.17) is 9.47 Å². The molecule has 0 radical (unpaired) electrons. The van der Waals surface area contributed by atoms with Crippen LogP contribution in [0, 0.1) is 5.92 Å². The van der Waals surface area contributed by atoms with E-state index in [0.29, 0.717) is 6.61 Å². The lowest BCUT2D eigenvalue weighted by Gasteiger charge is -2.31. The summed E-state index contributed by atoms with van der Waals surface area (Å²) in [5.41, 5.74) is 2.71. The van der Waals surface area contributed by atoms with E-state index in [1.807, 2.05) is 31.2 Å². The van der Waals surface area contributed by atoms with Crippen LogP contribution in [0.25, 0.3) is 21.5 Å². The van der Waals surface area contributed by atoms with Gasteiger partial charge in [0.15, 0.2) is 5.82 Å². The van der Waals surface area contributed by atoms with Crippen LogP contribution in [0.2, 0.25) is 0 Å². The van der Waals surface area contributed by atoms with Gasteiger partial charge >= 0.3 is 5.97 Å². The second-order valence-electron chi connectivity index (χ2n) is 6.65. The topological polar surface area (TPSA) is 77.4 Å². The van der Waals surface area contributed by atoms with Gasteiger partial charge in [0.1, 0.15) is 28.0 Å². The summed E-state index contributed by atoms with van der Waals surface area (Å²) in [6.45, 7) is 3.81. The van der Waals surface area contributed by atoms with E-state index in [9.17, 15) is 4.79 Å². The van der Waals surface area contributed by atoms with Crippen molar-refractivity contribution >= 4 is 33.5 Å². The van der Waals surface area contributed by atoms with Gasteiger partial charge in [-0.25, -0.2) is 9.97 Å². The summed E-state index contributed by atoms with van der Waals surface area (Å²) in [5.74, 6) is 1.59. The molecule has 7 nitrogen and oxygen atoms in total. The molecule has 1 aromatic carbocycles. The smallest absolute Gasteiger partial charge is 0.309 e. The van der Waals surface area contributed by atoms with Crippen molar-refractivity contribution in [1.29, 1.82) is 0 Å². The van der Waals surface area contributed by atoms with Crippen LogP contribution in [0.3, 0.4) is 0 Å². The summed E-state index contributed by atoms with van der Waals surface area (Å²) in [7, 11) is 1.65. The molecule has 0 atom stereocenters. The van der Waals surface area contributed by atoms with Crippen LogP contribution in [-0.2, 0) is 9.53 Å². The lowest BCUT2D eigenvalue weighted by Crippen LogP contribution is -2.37. The predicted molar refractivity (Wildman–Crippen MR) is 109 cm³/mol. The number of fused-ring (bicyclic) bond motifs is 1. The first-order valence-corrected chi connectivity index (χ1v) is 10.1. The van der Waals surface area contributed by atoms with Crippen LogP contribution in [0.5, 0.6) is 5.75 Å². The van der Waals surface area contributed by atoms with Crippen molar-refractivity contribution in [3.63, 3.8) is 0 Å². The van der Waals surface area contributed by atoms with Crippen LogP contribution in [0.1, 0.15) is 19.8 Å². The summed E-state index contributed by atoms with van der Waals surface area (Å²) in [6.07, 6.45) is 3.14. The first kappa shape index (κ1) is 18.6. The average Bonchev–Trinajstić information content (AvgIpc) is 3.18. The zero-order chi connectivity index (χ0) is 19.5. The van der Waals surface area contributed by atoms with E-state index in [0.717, 1.165) is 59.0 Å². The largest absolute Gasteiger partial charge is 0.497 e. The van der Waals surface area contributed by atoms with Crippen LogP contribution >= 0.6 is 11.5 Å². The highest BCUT2D eigenvalue weighted by atomic mass is 32.1. The van der Waals surface area contributed by atoms with Gasteiger partial charge in [0.25, 0.3) is 0 Å². The molecule has 0 unspecified atom stereocenters. The second kappa shape index (κ2) is 8.10. The third-order valence-corrected chi connectivity index (χ3v) is 5.85. The van der Waals surface area contributed by atoms with Gasteiger partial charge in [0.2, 0.25) is 0 Å². The van der Waals surface area contributed by atoms with E-state index in [-0.39, 0.29) is 11.9 Å². The highest BCUT2D eigenvalue weighted by Crippen LogP contribution is 2.36. The number of carbonyl (C=O) groups excluding carboxylic acids is 1. The monoisotopic (exact) mass is 398 g/mol. The zero-order valence-electron chi connectivity index (χ0n) is 15.9. The highest BCUT2D eigenvalue weighted by molar-refractivity contribution is 7.14. The van der Waals surface area contributed by atoms with Gasteiger partial charge in [-0.1, -0.05) is 0 Å². The fourth-order valence-corrected chi connectivity index (χ4v) is 4.38. The lowest BCUT2D eigenvalue weighted by molar-refractivity contribution is -0.148. The van der Waals surface area contributed by atoms with Crippen LogP contribution in [0.15, 0.2) is 30.6 Å². The SMILES string of the molecule is CCOC(=O)C1CCN(c2ncnc3c(-c4ccc(OC)cc4)nsc23)CC1. The van der Waals surface area contributed by atoms with E-state index in [1.165, 1.54) is 11.5 Å². The van der Waals surface area contributed by atoms with Gasteiger partial charge in [-0.15, -0.1) is 0 Å². The minimum atomic E-state index is -0.0884. The number of piperidine rings is 1. The summed E-state index contributed by atoms with van der Waals surface area (Å²) in [6, 6.07) is 7.81. The normalized spacial score (nSPS) is 15.0. The molecule has 0 N–H and O–H groups in total. The lowest BCUT2D eigenvalue weighted by atomic mass is 9.97. The molecule has 0 saturated carbocycles. The molecule has 0 aliphatic carbocycles. The zero-order valence-corrected chi connectivity index (χ0v) is 16.7. The Hall–Kier alpha value is -2.74. The Kier molecular flexibility index (Phi) is 5.38. The molecule has 1 saturated heterocycles. The van der Waals surface area contributed by atoms with E-state index in [2.05, 4.69) is 19.2 Å². The summed E-state index contributed by atoms with van der Waals surface area (Å²) < 4.78 is 16.0. The molecule has 0 spiro atoms. The van der Waals surface area contributed by atoms with E-state index >= 15 is 0 Å². The number of esters is 1. The Morgan fingerprint density at radius 3 is 2.64 bits per heavy atom.